The molecular formula is C21H28N2O6S. The van der Waals surface area contributed by atoms with Crippen molar-refractivity contribution in [2.24, 2.45) is 0 Å². The van der Waals surface area contributed by atoms with E-state index in [1.54, 1.807) is 54.5 Å². The van der Waals surface area contributed by atoms with Gasteiger partial charge in [-0.15, -0.1) is 0 Å². The van der Waals surface area contributed by atoms with Crippen LogP contribution in [0, 0.1) is 0 Å². The average Bonchev–Trinajstić information content (AvgIpc) is 2.71. The van der Waals surface area contributed by atoms with Crippen LogP contribution in [0.5, 0.6) is 17.2 Å². The molecule has 8 nitrogen and oxygen atoms in total. The first kappa shape index (κ1) is 23.3. The number of ether oxygens (including phenoxy) is 2. The number of carbonyl (C=O) groups is 1. The van der Waals surface area contributed by atoms with E-state index in [2.05, 4.69) is 12.2 Å². The van der Waals surface area contributed by atoms with E-state index in [-0.39, 0.29) is 11.8 Å². The number of methoxy groups -OCH3 is 2. The van der Waals surface area contributed by atoms with Gasteiger partial charge in [0.15, 0.2) is 0 Å². The summed E-state index contributed by atoms with van der Waals surface area (Å²) in [6.07, 6.45) is 2.78. The van der Waals surface area contributed by atoms with Crippen molar-refractivity contribution in [3.8, 4) is 17.2 Å². The van der Waals surface area contributed by atoms with Gasteiger partial charge in [-0.1, -0.05) is 25.5 Å². The molecule has 0 aliphatic heterocycles. The zero-order valence-electron chi connectivity index (χ0n) is 17.7. The molecule has 0 spiro atoms. The van der Waals surface area contributed by atoms with Crippen molar-refractivity contribution in [2.45, 2.75) is 26.3 Å². The van der Waals surface area contributed by atoms with E-state index < -0.39 is 10.1 Å². The molecule has 0 fully saturated rings. The summed E-state index contributed by atoms with van der Waals surface area (Å²) < 4.78 is 37.9. The molecule has 2 amide bonds. The summed E-state index contributed by atoms with van der Waals surface area (Å²) in [6, 6.07) is 11.5. The van der Waals surface area contributed by atoms with Gasteiger partial charge in [-0.3, -0.25) is 0 Å². The molecule has 0 aromatic heterocycles. The van der Waals surface area contributed by atoms with Gasteiger partial charge in [0.2, 0.25) is 0 Å². The Balaban J connectivity index is 2.14. The third-order valence-corrected chi connectivity index (χ3v) is 4.76. The zero-order chi connectivity index (χ0) is 22.1. The third-order valence-electron chi connectivity index (χ3n) is 4.26. The van der Waals surface area contributed by atoms with Crippen LogP contribution in [0.2, 0.25) is 0 Å². The molecule has 9 heteroatoms. The SMILES string of the molecule is CCCCN(Cc1ccc(OS(C)(=O)=O)cc1)C(=O)Nc1ccc(OC)cc1OC. The Bertz CT molecular complexity index is 944. The number of rotatable bonds is 10. The van der Waals surface area contributed by atoms with E-state index in [4.69, 9.17) is 13.7 Å². The smallest absolute Gasteiger partial charge is 0.322 e. The van der Waals surface area contributed by atoms with Crippen molar-refractivity contribution < 1.29 is 26.9 Å². The van der Waals surface area contributed by atoms with E-state index in [9.17, 15) is 13.2 Å². The molecule has 2 aromatic carbocycles. The predicted molar refractivity (Wildman–Crippen MR) is 116 cm³/mol. The maximum absolute atomic E-state index is 12.9. The second-order valence-electron chi connectivity index (χ2n) is 6.70. The van der Waals surface area contributed by atoms with E-state index in [0.29, 0.717) is 30.3 Å². The summed E-state index contributed by atoms with van der Waals surface area (Å²) in [4.78, 5) is 14.6. The Kier molecular flexibility index (Phi) is 8.35. The molecule has 0 aliphatic rings. The number of hydrogen-bond donors (Lipinski definition) is 1. The fraction of sp³-hybridized carbons (Fsp3) is 0.381. The topological polar surface area (TPSA) is 94.2 Å². The van der Waals surface area contributed by atoms with E-state index >= 15 is 0 Å². The summed E-state index contributed by atoms with van der Waals surface area (Å²) in [5.74, 6) is 1.36. The molecule has 164 valence electrons. The largest absolute Gasteiger partial charge is 0.497 e. The lowest BCUT2D eigenvalue weighted by Crippen LogP contribution is -2.35. The lowest BCUT2D eigenvalue weighted by Gasteiger charge is -2.24. The monoisotopic (exact) mass is 436 g/mol. The van der Waals surface area contributed by atoms with Gasteiger partial charge in [-0.05, 0) is 36.2 Å². The highest BCUT2D eigenvalue weighted by molar-refractivity contribution is 7.86. The van der Waals surface area contributed by atoms with E-state index in [1.807, 2.05) is 0 Å². The Morgan fingerprint density at radius 2 is 1.70 bits per heavy atom. The third kappa shape index (κ3) is 7.14. The first-order valence-corrected chi connectivity index (χ1v) is 11.3. The number of urea groups is 1. The lowest BCUT2D eigenvalue weighted by atomic mass is 10.2. The molecule has 2 aromatic rings. The minimum absolute atomic E-state index is 0.230. The first-order valence-electron chi connectivity index (χ1n) is 9.52. The molecule has 0 aliphatic carbocycles. The summed E-state index contributed by atoms with van der Waals surface area (Å²) in [6.45, 7) is 2.99. The Hall–Kier alpha value is -2.94. The number of nitrogens with zero attached hydrogens (tertiary/aromatic N) is 1. The normalized spacial score (nSPS) is 10.9. The molecule has 0 saturated heterocycles. The average molecular weight is 437 g/mol. The van der Waals surface area contributed by atoms with Crippen LogP contribution in [0.15, 0.2) is 42.5 Å². The Morgan fingerprint density at radius 1 is 1.03 bits per heavy atom. The number of anilines is 1. The first-order chi connectivity index (χ1) is 14.3. The molecule has 0 heterocycles. The molecule has 0 bridgehead atoms. The molecule has 0 radical (unpaired) electrons. The molecule has 1 N–H and O–H groups in total. The predicted octanol–water partition coefficient (Wildman–Crippen LogP) is 3.88. The number of nitrogens with one attached hydrogen (secondary N) is 1. The van der Waals surface area contributed by atoms with Crippen LogP contribution in [0.3, 0.4) is 0 Å². The van der Waals surface area contributed by atoms with Gasteiger partial charge in [-0.2, -0.15) is 8.42 Å². The van der Waals surface area contributed by atoms with Gasteiger partial charge in [0.05, 0.1) is 26.2 Å². The fourth-order valence-electron chi connectivity index (χ4n) is 2.74. The van der Waals surface area contributed by atoms with Crippen molar-refractivity contribution in [1.29, 1.82) is 0 Å². The molecule has 30 heavy (non-hydrogen) atoms. The lowest BCUT2D eigenvalue weighted by molar-refractivity contribution is 0.208. The van der Waals surface area contributed by atoms with Gasteiger partial charge < -0.3 is 23.9 Å². The molecule has 0 unspecified atom stereocenters. The number of amides is 2. The molecule has 0 saturated carbocycles. The van der Waals surface area contributed by atoms with Crippen LogP contribution in [0.4, 0.5) is 10.5 Å². The standard InChI is InChI=1S/C21H28N2O6S/c1-5-6-13-23(15-16-7-9-17(10-8-16)29-30(4,25)26)21(24)22-19-12-11-18(27-2)14-20(19)28-3/h7-12,14H,5-6,13,15H2,1-4H3,(H,22,24). The van der Waals surface area contributed by atoms with Crippen LogP contribution in [0.1, 0.15) is 25.3 Å². The van der Waals surface area contributed by atoms with Gasteiger partial charge >= 0.3 is 16.1 Å². The quantitative estimate of drug-likeness (QED) is 0.568. The summed E-state index contributed by atoms with van der Waals surface area (Å²) in [5.41, 5.74) is 1.39. The molecule has 0 atom stereocenters. The van der Waals surface area contributed by atoms with Crippen LogP contribution < -0.4 is 19.0 Å². The highest BCUT2D eigenvalue weighted by Gasteiger charge is 2.16. The van der Waals surface area contributed by atoms with E-state index in [1.165, 1.54) is 7.11 Å². The number of carbonyl (C=O) groups excluding carboxylic acids is 1. The van der Waals surface area contributed by atoms with Crippen molar-refractivity contribution in [3.05, 3.63) is 48.0 Å². The second kappa shape index (κ2) is 10.7. The fourth-order valence-corrected chi connectivity index (χ4v) is 3.20. The zero-order valence-corrected chi connectivity index (χ0v) is 18.5. The van der Waals surface area contributed by atoms with Crippen molar-refractivity contribution in [2.75, 3.05) is 32.3 Å². The number of unbranched alkanes of at least 4 members (excludes halogenated alkanes) is 1. The van der Waals surface area contributed by atoms with Crippen LogP contribution >= 0.6 is 0 Å². The van der Waals surface area contributed by atoms with Crippen molar-refractivity contribution in [3.63, 3.8) is 0 Å². The molecular weight excluding hydrogens is 408 g/mol. The van der Waals surface area contributed by atoms with Gasteiger partial charge in [0.1, 0.15) is 17.2 Å². The highest BCUT2D eigenvalue weighted by atomic mass is 32.2. The van der Waals surface area contributed by atoms with Crippen molar-refractivity contribution >= 4 is 21.8 Å². The van der Waals surface area contributed by atoms with Crippen LogP contribution in [0.25, 0.3) is 0 Å². The minimum atomic E-state index is -3.58. The summed E-state index contributed by atoms with van der Waals surface area (Å²) in [7, 11) is -0.492. The van der Waals surface area contributed by atoms with E-state index in [0.717, 1.165) is 24.7 Å². The number of benzene rings is 2. The van der Waals surface area contributed by atoms with Crippen LogP contribution in [-0.4, -0.2) is 46.4 Å². The maximum atomic E-state index is 12.9. The highest BCUT2D eigenvalue weighted by Crippen LogP contribution is 2.29. The van der Waals surface area contributed by atoms with Crippen molar-refractivity contribution in [1.82, 2.24) is 4.90 Å². The Morgan fingerprint density at radius 3 is 2.27 bits per heavy atom. The summed E-state index contributed by atoms with van der Waals surface area (Å²) in [5, 5.41) is 2.89. The molecule has 2 rings (SSSR count). The Labute approximate surface area is 177 Å². The van der Waals surface area contributed by atoms with Gasteiger partial charge in [0, 0.05) is 19.2 Å². The summed E-state index contributed by atoms with van der Waals surface area (Å²) >= 11 is 0. The van der Waals surface area contributed by atoms with Gasteiger partial charge in [-0.25, -0.2) is 4.79 Å². The second-order valence-corrected chi connectivity index (χ2v) is 8.28. The number of hydrogen-bond acceptors (Lipinski definition) is 6. The van der Waals surface area contributed by atoms with Crippen LogP contribution in [-0.2, 0) is 16.7 Å². The maximum Gasteiger partial charge on any atom is 0.322 e. The van der Waals surface area contributed by atoms with Gasteiger partial charge in [0.25, 0.3) is 0 Å². The minimum Gasteiger partial charge on any atom is -0.497 e.